The largest absolute Gasteiger partial charge is 0.455 e. The van der Waals surface area contributed by atoms with Gasteiger partial charge in [0.2, 0.25) is 0 Å². The molecule has 0 atom stereocenters. The second kappa shape index (κ2) is 8.97. The lowest BCUT2D eigenvalue weighted by atomic mass is 10.2. The van der Waals surface area contributed by atoms with E-state index in [1.807, 2.05) is 85.1 Å². The van der Waals surface area contributed by atoms with Crippen LogP contribution in [0.15, 0.2) is 83.8 Å². The summed E-state index contributed by atoms with van der Waals surface area (Å²) >= 11 is 1.69. The van der Waals surface area contributed by atoms with Crippen LogP contribution in [0, 0.1) is 0 Å². The lowest BCUT2D eigenvalue weighted by Crippen LogP contribution is -2.28. The number of ether oxygens (including phenoxy) is 1. The van der Waals surface area contributed by atoms with Gasteiger partial charge in [0.05, 0.1) is 5.69 Å². The Kier molecular flexibility index (Phi) is 6.17. The van der Waals surface area contributed by atoms with Gasteiger partial charge in [0.25, 0.3) is 0 Å². The summed E-state index contributed by atoms with van der Waals surface area (Å²) in [6, 6.07) is 24.7. The highest BCUT2D eigenvalue weighted by atomic mass is 32.2. The van der Waals surface area contributed by atoms with Gasteiger partial charge in [0.1, 0.15) is 5.75 Å². The number of nitrogens with one attached hydrogen (secondary N) is 2. The molecule has 0 unspecified atom stereocenters. The maximum absolute atomic E-state index is 12.2. The van der Waals surface area contributed by atoms with Gasteiger partial charge in [-0.2, -0.15) is 0 Å². The van der Waals surface area contributed by atoms with Crippen LogP contribution in [-0.4, -0.2) is 12.3 Å². The summed E-state index contributed by atoms with van der Waals surface area (Å²) in [5.74, 6) is 1.31. The van der Waals surface area contributed by atoms with Gasteiger partial charge in [-0.15, -0.1) is 11.8 Å². The molecule has 4 nitrogen and oxygen atoms in total. The number of para-hydroxylation sites is 3. The Morgan fingerprint density at radius 3 is 2.35 bits per heavy atom. The molecule has 3 aromatic rings. The third kappa shape index (κ3) is 5.04. The van der Waals surface area contributed by atoms with Crippen molar-refractivity contribution in [2.24, 2.45) is 0 Å². The van der Waals surface area contributed by atoms with Crippen LogP contribution in [0.3, 0.4) is 0 Å². The zero-order valence-electron chi connectivity index (χ0n) is 14.4. The maximum Gasteiger partial charge on any atom is 0.319 e. The molecule has 26 heavy (non-hydrogen) atoms. The van der Waals surface area contributed by atoms with Crippen molar-refractivity contribution in [3.05, 3.63) is 84.4 Å². The van der Waals surface area contributed by atoms with E-state index in [2.05, 4.69) is 10.6 Å². The van der Waals surface area contributed by atoms with Crippen molar-refractivity contribution >= 4 is 23.5 Å². The lowest BCUT2D eigenvalue weighted by Gasteiger charge is -2.13. The molecule has 3 aromatic carbocycles. The summed E-state index contributed by atoms with van der Waals surface area (Å²) in [6.07, 6.45) is 2.04. The molecule has 2 N–H and O–H groups in total. The Balaban J connectivity index is 1.60. The first kappa shape index (κ1) is 17.9. The molecule has 0 heterocycles. The molecule has 0 spiro atoms. The molecule has 5 heteroatoms. The third-order valence-electron chi connectivity index (χ3n) is 3.72. The second-order valence-electron chi connectivity index (χ2n) is 5.57. The van der Waals surface area contributed by atoms with E-state index < -0.39 is 0 Å². The monoisotopic (exact) mass is 364 g/mol. The topological polar surface area (TPSA) is 50.4 Å². The van der Waals surface area contributed by atoms with Crippen molar-refractivity contribution in [2.45, 2.75) is 11.4 Å². The van der Waals surface area contributed by atoms with Gasteiger partial charge in [0, 0.05) is 11.4 Å². The van der Waals surface area contributed by atoms with Gasteiger partial charge < -0.3 is 15.4 Å². The minimum Gasteiger partial charge on any atom is -0.455 e. The number of carbonyl (C=O) groups excluding carboxylic acids is 1. The van der Waals surface area contributed by atoms with Gasteiger partial charge in [-0.25, -0.2) is 4.79 Å². The number of thioether (sulfide) groups is 1. The molecule has 132 valence electrons. The minimum absolute atomic E-state index is 0.275. The number of hydrogen-bond acceptors (Lipinski definition) is 3. The SMILES string of the molecule is CSc1ccc(CNC(=O)Nc2ccccc2Oc2ccccc2)cc1. The summed E-state index contributed by atoms with van der Waals surface area (Å²) in [7, 11) is 0. The van der Waals surface area contributed by atoms with Crippen LogP contribution in [0.1, 0.15) is 5.56 Å². The number of rotatable bonds is 6. The predicted octanol–water partition coefficient (Wildman–Crippen LogP) is 5.52. The van der Waals surface area contributed by atoms with Crippen LogP contribution in [0.4, 0.5) is 10.5 Å². The van der Waals surface area contributed by atoms with Gasteiger partial charge in [-0.3, -0.25) is 0 Å². The zero-order valence-corrected chi connectivity index (χ0v) is 15.3. The van der Waals surface area contributed by atoms with E-state index in [1.54, 1.807) is 11.8 Å². The molecular weight excluding hydrogens is 344 g/mol. The highest BCUT2D eigenvalue weighted by Crippen LogP contribution is 2.28. The number of benzene rings is 3. The molecule has 0 aromatic heterocycles. The first-order chi connectivity index (χ1) is 12.7. The molecule has 0 fully saturated rings. The quantitative estimate of drug-likeness (QED) is 0.566. The summed E-state index contributed by atoms with van der Waals surface area (Å²) in [4.78, 5) is 13.4. The van der Waals surface area contributed by atoms with Crippen molar-refractivity contribution in [1.29, 1.82) is 0 Å². The summed E-state index contributed by atoms with van der Waals surface area (Å²) in [6.45, 7) is 0.461. The fourth-order valence-corrected chi connectivity index (χ4v) is 2.77. The van der Waals surface area contributed by atoms with Crippen molar-refractivity contribution in [3.63, 3.8) is 0 Å². The molecular formula is C21H20N2O2S. The van der Waals surface area contributed by atoms with Crippen LogP contribution in [-0.2, 0) is 6.54 Å². The molecule has 0 bridgehead atoms. The van der Waals surface area contributed by atoms with Gasteiger partial charge in [-0.05, 0) is 48.2 Å². The highest BCUT2D eigenvalue weighted by Gasteiger charge is 2.08. The van der Waals surface area contributed by atoms with Crippen LogP contribution < -0.4 is 15.4 Å². The van der Waals surface area contributed by atoms with Crippen LogP contribution in [0.25, 0.3) is 0 Å². The van der Waals surface area contributed by atoms with E-state index in [-0.39, 0.29) is 6.03 Å². The van der Waals surface area contributed by atoms with E-state index in [0.717, 1.165) is 11.3 Å². The standard InChI is InChI=1S/C21H20N2O2S/c1-26-18-13-11-16(12-14-18)15-22-21(24)23-19-9-5-6-10-20(19)25-17-7-3-2-4-8-17/h2-14H,15H2,1H3,(H2,22,23,24). The Morgan fingerprint density at radius 2 is 1.62 bits per heavy atom. The summed E-state index contributed by atoms with van der Waals surface area (Å²) in [5, 5.41) is 5.71. The average Bonchev–Trinajstić information content (AvgIpc) is 2.69. The molecule has 0 aliphatic heterocycles. The van der Waals surface area contributed by atoms with Crippen molar-refractivity contribution in [2.75, 3.05) is 11.6 Å². The molecule has 0 radical (unpaired) electrons. The molecule has 0 saturated heterocycles. The highest BCUT2D eigenvalue weighted by molar-refractivity contribution is 7.98. The normalized spacial score (nSPS) is 10.2. The molecule has 0 saturated carbocycles. The average molecular weight is 364 g/mol. The van der Waals surface area contributed by atoms with Crippen LogP contribution in [0.2, 0.25) is 0 Å². The second-order valence-corrected chi connectivity index (χ2v) is 6.45. The van der Waals surface area contributed by atoms with Crippen molar-refractivity contribution in [1.82, 2.24) is 5.32 Å². The summed E-state index contributed by atoms with van der Waals surface area (Å²) in [5.41, 5.74) is 1.67. The maximum atomic E-state index is 12.2. The molecule has 2 amide bonds. The number of urea groups is 1. The number of anilines is 1. The van der Waals surface area contributed by atoms with Gasteiger partial charge in [-0.1, -0.05) is 42.5 Å². The smallest absolute Gasteiger partial charge is 0.319 e. The Hall–Kier alpha value is -2.92. The zero-order chi connectivity index (χ0) is 18.2. The Labute approximate surface area is 157 Å². The molecule has 0 aliphatic carbocycles. The number of hydrogen-bond donors (Lipinski definition) is 2. The fraction of sp³-hybridized carbons (Fsp3) is 0.0952. The third-order valence-corrected chi connectivity index (χ3v) is 4.46. The van der Waals surface area contributed by atoms with Gasteiger partial charge in [0.15, 0.2) is 5.75 Å². The van der Waals surface area contributed by atoms with E-state index >= 15 is 0 Å². The van der Waals surface area contributed by atoms with E-state index in [1.165, 1.54) is 4.90 Å². The number of amides is 2. The fourth-order valence-electron chi connectivity index (χ4n) is 2.37. The Bertz CT molecular complexity index is 851. The number of carbonyl (C=O) groups is 1. The predicted molar refractivity (Wildman–Crippen MR) is 107 cm³/mol. The van der Waals surface area contributed by atoms with Crippen LogP contribution >= 0.6 is 11.8 Å². The van der Waals surface area contributed by atoms with E-state index in [0.29, 0.717) is 18.0 Å². The molecule has 0 aliphatic rings. The first-order valence-electron chi connectivity index (χ1n) is 8.24. The molecule has 3 rings (SSSR count). The van der Waals surface area contributed by atoms with E-state index in [9.17, 15) is 4.79 Å². The summed E-state index contributed by atoms with van der Waals surface area (Å²) < 4.78 is 5.85. The van der Waals surface area contributed by atoms with Crippen LogP contribution in [0.5, 0.6) is 11.5 Å². The first-order valence-corrected chi connectivity index (χ1v) is 9.47. The Morgan fingerprint density at radius 1 is 0.923 bits per heavy atom. The van der Waals surface area contributed by atoms with Crippen molar-refractivity contribution < 1.29 is 9.53 Å². The van der Waals surface area contributed by atoms with Crippen molar-refractivity contribution in [3.8, 4) is 11.5 Å². The van der Waals surface area contributed by atoms with E-state index in [4.69, 9.17) is 4.74 Å². The van der Waals surface area contributed by atoms with Gasteiger partial charge >= 0.3 is 6.03 Å². The lowest BCUT2D eigenvalue weighted by molar-refractivity contribution is 0.251. The minimum atomic E-state index is -0.275.